The summed E-state index contributed by atoms with van der Waals surface area (Å²) in [6.07, 6.45) is 0. The second-order valence-corrected chi connectivity index (χ2v) is 3.80. The van der Waals surface area contributed by atoms with Gasteiger partial charge in [0, 0.05) is 11.6 Å². The second kappa shape index (κ2) is 5.11. The van der Waals surface area contributed by atoms with Gasteiger partial charge in [0.1, 0.15) is 5.82 Å². The fourth-order valence-electron chi connectivity index (χ4n) is 1.65. The molecule has 0 aromatic heterocycles. The smallest absolute Gasteiger partial charge is 0.127 e. The van der Waals surface area contributed by atoms with Gasteiger partial charge in [-0.1, -0.05) is 39.0 Å². The van der Waals surface area contributed by atoms with Crippen LogP contribution in [0.25, 0.3) is 0 Å². The first-order valence-corrected chi connectivity index (χ1v) is 5.14. The van der Waals surface area contributed by atoms with Crippen LogP contribution in [0.5, 0.6) is 0 Å². The van der Waals surface area contributed by atoms with Crippen LogP contribution in [-0.4, -0.2) is 6.54 Å². The lowest BCUT2D eigenvalue weighted by Crippen LogP contribution is -2.26. The van der Waals surface area contributed by atoms with E-state index in [1.165, 1.54) is 6.07 Å². The Kier molecular flexibility index (Phi) is 4.08. The highest BCUT2D eigenvalue weighted by Crippen LogP contribution is 2.23. The van der Waals surface area contributed by atoms with E-state index in [-0.39, 0.29) is 11.9 Å². The van der Waals surface area contributed by atoms with Gasteiger partial charge in [-0.25, -0.2) is 4.39 Å². The molecule has 2 heteroatoms. The van der Waals surface area contributed by atoms with Crippen molar-refractivity contribution >= 4 is 0 Å². The molecule has 0 aliphatic carbocycles. The number of hydrogen-bond acceptors (Lipinski definition) is 1. The summed E-state index contributed by atoms with van der Waals surface area (Å²) in [5.74, 6) is 0.277. The molecule has 78 valence electrons. The van der Waals surface area contributed by atoms with Crippen molar-refractivity contribution in [3.8, 4) is 0 Å². The summed E-state index contributed by atoms with van der Waals surface area (Å²) in [6.45, 7) is 7.09. The van der Waals surface area contributed by atoms with Crippen LogP contribution in [0, 0.1) is 11.7 Å². The molecule has 0 aliphatic heterocycles. The van der Waals surface area contributed by atoms with Crippen molar-refractivity contribution in [2.45, 2.75) is 26.8 Å². The summed E-state index contributed by atoms with van der Waals surface area (Å²) in [5, 5.41) is 3.30. The minimum absolute atomic E-state index is 0.112. The SMILES string of the molecule is CCNC(c1ccccc1F)C(C)C. The van der Waals surface area contributed by atoms with Gasteiger partial charge in [-0.15, -0.1) is 0 Å². The largest absolute Gasteiger partial charge is 0.310 e. The highest BCUT2D eigenvalue weighted by molar-refractivity contribution is 5.21. The van der Waals surface area contributed by atoms with Crippen molar-refractivity contribution < 1.29 is 4.39 Å². The summed E-state index contributed by atoms with van der Waals surface area (Å²) in [4.78, 5) is 0. The van der Waals surface area contributed by atoms with E-state index in [9.17, 15) is 4.39 Å². The first-order chi connectivity index (χ1) is 6.66. The van der Waals surface area contributed by atoms with Crippen molar-refractivity contribution in [2.75, 3.05) is 6.54 Å². The lowest BCUT2D eigenvalue weighted by molar-refractivity contribution is 0.406. The van der Waals surface area contributed by atoms with Crippen molar-refractivity contribution in [3.05, 3.63) is 35.6 Å². The fraction of sp³-hybridized carbons (Fsp3) is 0.500. The Bertz CT molecular complexity index is 283. The summed E-state index contributed by atoms with van der Waals surface area (Å²) in [5.41, 5.74) is 0.768. The molecule has 0 saturated carbocycles. The first kappa shape index (κ1) is 11.2. The average Bonchev–Trinajstić information content (AvgIpc) is 2.15. The minimum Gasteiger partial charge on any atom is -0.310 e. The molecular formula is C12H18FN. The molecule has 1 unspecified atom stereocenters. The minimum atomic E-state index is -0.118. The van der Waals surface area contributed by atoms with Crippen LogP contribution >= 0.6 is 0 Å². The van der Waals surface area contributed by atoms with Crippen molar-refractivity contribution in [1.29, 1.82) is 0 Å². The van der Waals surface area contributed by atoms with E-state index in [0.717, 1.165) is 12.1 Å². The molecule has 0 amide bonds. The van der Waals surface area contributed by atoms with E-state index in [4.69, 9.17) is 0 Å². The van der Waals surface area contributed by atoms with Gasteiger partial charge >= 0.3 is 0 Å². The van der Waals surface area contributed by atoms with Gasteiger partial charge in [0.25, 0.3) is 0 Å². The van der Waals surface area contributed by atoms with E-state index in [0.29, 0.717) is 5.92 Å². The quantitative estimate of drug-likeness (QED) is 0.778. The molecule has 0 bridgehead atoms. The molecular weight excluding hydrogens is 177 g/mol. The molecule has 0 spiro atoms. The topological polar surface area (TPSA) is 12.0 Å². The molecule has 1 nitrogen and oxygen atoms in total. The zero-order valence-corrected chi connectivity index (χ0v) is 9.05. The molecule has 0 heterocycles. The zero-order valence-electron chi connectivity index (χ0n) is 9.05. The predicted molar refractivity (Wildman–Crippen MR) is 57.7 cm³/mol. The van der Waals surface area contributed by atoms with Gasteiger partial charge in [0.05, 0.1) is 0 Å². The highest BCUT2D eigenvalue weighted by atomic mass is 19.1. The maximum absolute atomic E-state index is 13.5. The second-order valence-electron chi connectivity index (χ2n) is 3.80. The summed E-state index contributed by atoms with van der Waals surface area (Å²) >= 11 is 0. The van der Waals surface area contributed by atoms with Gasteiger partial charge in [-0.3, -0.25) is 0 Å². The summed E-state index contributed by atoms with van der Waals surface area (Å²) in [7, 11) is 0. The van der Waals surface area contributed by atoms with Crippen LogP contribution in [0.1, 0.15) is 32.4 Å². The molecule has 0 aliphatic rings. The molecule has 0 radical (unpaired) electrons. The number of benzene rings is 1. The number of halogens is 1. The van der Waals surface area contributed by atoms with Crippen LogP contribution < -0.4 is 5.32 Å². The molecule has 0 saturated heterocycles. The van der Waals surface area contributed by atoms with Crippen molar-refractivity contribution in [2.24, 2.45) is 5.92 Å². The fourth-order valence-corrected chi connectivity index (χ4v) is 1.65. The zero-order chi connectivity index (χ0) is 10.6. The van der Waals surface area contributed by atoms with E-state index >= 15 is 0 Å². The lowest BCUT2D eigenvalue weighted by atomic mass is 9.95. The Morgan fingerprint density at radius 1 is 1.29 bits per heavy atom. The molecule has 1 rings (SSSR count). The Morgan fingerprint density at radius 2 is 1.93 bits per heavy atom. The van der Waals surface area contributed by atoms with Crippen LogP contribution in [0.15, 0.2) is 24.3 Å². The van der Waals surface area contributed by atoms with Crippen molar-refractivity contribution in [3.63, 3.8) is 0 Å². The number of rotatable bonds is 4. The molecule has 14 heavy (non-hydrogen) atoms. The average molecular weight is 195 g/mol. The third-order valence-corrected chi connectivity index (χ3v) is 2.33. The molecule has 1 aromatic rings. The first-order valence-electron chi connectivity index (χ1n) is 5.14. The Hall–Kier alpha value is -0.890. The van der Waals surface area contributed by atoms with Crippen LogP contribution in [0.2, 0.25) is 0 Å². The normalized spacial score (nSPS) is 13.2. The maximum Gasteiger partial charge on any atom is 0.127 e. The van der Waals surface area contributed by atoms with Crippen molar-refractivity contribution in [1.82, 2.24) is 5.32 Å². The van der Waals surface area contributed by atoms with Gasteiger partial charge < -0.3 is 5.32 Å². The van der Waals surface area contributed by atoms with E-state index in [1.807, 2.05) is 19.1 Å². The summed E-state index contributed by atoms with van der Waals surface area (Å²) in [6, 6.07) is 7.08. The standard InChI is InChI=1S/C12H18FN/c1-4-14-12(9(2)3)10-7-5-6-8-11(10)13/h5-9,12,14H,4H2,1-3H3. The summed E-state index contributed by atoms with van der Waals surface area (Å²) < 4.78 is 13.5. The predicted octanol–water partition coefficient (Wildman–Crippen LogP) is 3.13. The third-order valence-electron chi connectivity index (χ3n) is 2.33. The van der Waals surface area contributed by atoms with Gasteiger partial charge in [0.15, 0.2) is 0 Å². The Morgan fingerprint density at radius 3 is 2.43 bits per heavy atom. The van der Waals surface area contributed by atoms with Crippen LogP contribution in [0.3, 0.4) is 0 Å². The van der Waals surface area contributed by atoms with Gasteiger partial charge in [-0.05, 0) is 18.5 Å². The molecule has 1 N–H and O–H groups in total. The number of nitrogens with one attached hydrogen (secondary N) is 1. The van der Waals surface area contributed by atoms with Gasteiger partial charge in [-0.2, -0.15) is 0 Å². The lowest BCUT2D eigenvalue weighted by Gasteiger charge is -2.22. The molecule has 1 atom stereocenters. The van der Waals surface area contributed by atoms with Gasteiger partial charge in [0.2, 0.25) is 0 Å². The third kappa shape index (κ3) is 2.55. The Labute approximate surface area is 85.3 Å². The molecule has 1 aromatic carbocycles. The van der Waals surface area contributed by atoms with E-state index in [1.54, 1.807) is 6.07 Å². The maximum atomic E-state index is 13.5. The van der Waals surface area contributed by atoms with Crippen LogP contribution in [-0.2, 0) is 0 Å². The Balaban J connectivity index is 2.93. The van der Waals surface area contributed by atoms with Crippen LogP contribution in [0.4, 0.5) is 4.39 Å². The van der Waals surface area contributed by atoms with E-state index < -0.39 is 0 Å². The van der Waals surface area contributed by atoms with E-state index in [2.05, 4.69) is 19.2 Å². The highest BCUT2D eigenvalue weighted by Gasteiger charge is 2.17. The number of hydrogen-bond donors (Lipinski definition) is 1. The monoisotopic (exact) mass is 195 g/mol. The molecule has 0 fully saturated rings.